The molecule has 1 fully saturated rings. The maximum absolute atomic E-state index is 12.8. The van der Waals surface area contributed by atoms with Crippen molar-refractivity contribution in [1.29, 1.82) is 0 Å². The molecule has 8 nitrogen and oxygen atoms in total. The number of hydrogen-bond donors (Lipinski definition) is 2. The monoisotopic (exact) mass is 493 g/mol. The van der Waals surface area contributed by atoms with Crippen molar-refractivity contribution >= 4 is 33.1 Å². The van der Waals surface area contributed by atoms with Gasteiger partial charge in [-0.15, -0.1) is 10.2 Å². The van der Waals surface area contributed by atoms with Gasteiger partial charge in [-0.2, -0.15) is 0 Å². The number of nitrogens with one attached hydrogen (secondary N) is 2. The Labute approximate surface area is 206 Å². The van der Waals surface area contributed by atoms with Crippen LogP contribution in [0.5, 0.6) is 0 Å². The molecule has 1 amide bonds. The molecule has 1 saturated heterocycles. The summed E-state index contributed by atoms with van der Waals surface area (Å²) < 4.78 is 28.2. The first-order chi connectivity index (χ1) is 16.8. The van der Waals surface area contributed by atoms with E-state index in [4.69, 9.17) is 0 Å². The van der Waals surface area contributed by atoms with Gasteiger partial charge in [0.2, 0.25) is 5.91 Å². The third-order valence-corrected chi connectivity index (χ3v) is 7.37. The van der Waals surface area contributed by atoms with Gasteiger partial charge < -0.3 is 10.2 Å². The van der Waals surface area contributed by atoms with E-state index in [2.05, 4.69) is 25.1 Å². The van der Waals surface area contributed by atoms with Crippen molar-refractivity contribution in [3.8, 4) is 11.3 Å². The number of carbonyl (C=O) groups is 1. The molecule has 0 unspecified atom stereocenters. The molecule has 2 N–H and O–H groups in total. The number of carbonyl (C=O) groups excluding carboxylic acids is 1. The van der Waals surface area contributed by atoms with Gasteiger partial charge in [0.25, 0.3) is 10.0 Å². The van der Waals surface area contributed by atoms with Crippen LogP contribution in [0.3, 0.4) is 0 Å². The molecule has 1 aliphatic heterocycles. The highest BCUT2D eigenvalue weighted by atomic mass is 32.2. The second kappa shape index (κ2) is 10.9. The molecular formula is C26H31N5O3S. The highest BCUT2D eigenvalue weighted by Gasteiger charge is 2.16. The lowest BCUT2D eigenvalue weighted by Crippen LogP contribution is -2.25. The van der Waals surface area contributed by atoms with E-state index < -0.39 is 10.0 Å². The number of benzene rings is 2. The Morgan fingerprint density at radius 2 is 1.46 bits per heavy atom. The van der Waals surface area contributed by atoms with E-state index in [-0.39, 0.29) is 16.7 Å². The van der Waals surface area contributed by atoms with Gasteiger partial charge in [-0.3, -0.25) is 9.52 Å². The molecule has 4 rings (SSSR count). The van der Waals surface area contributed by atoms with Gasteiger partial charge in [-0.1, -0.05) is 38.8 Å². The molecule has 0 atom stereocenters. The Kier molecular flexibility index (Phi) is 7.65. The van der Waals surface area contributed by atoms with Gasteiger partial charge in [0, 0.05) is 35.9 Å². The van der Waals surface area contributed by atoms with Crippen molar-refractivity contribution in [2.75, 3.05) is 28.0 Å². The summed E-state index contributed by atoms with van der Waals surface area (Å²) in [6, 6.07) is 17.1. The van der Waals surface area contributed by atoms with E-state index in [1.165, 1.54) is 37.8 Å². The summed E-state index contributed by atoms with van der Waals surface area (Å²) in [7, 11) is -3.77. The number of sulfonamides is 1. The molecule has 9 heteroatoms. The molecule has 0 spiro atoms. The zero-order valence-electron chi connectivity index (χ0n) is 20.1. The highest BCUT2D eigenvalue weighted by Crippen LogP contribution is 2.24. The molecule has 1 aliphatic rings. The summed E-state index contributed by atoms with van der Waals surface area (Å²) in [4.78, 5) is 14.2. The first-order valence-corrected chi connectivity index (χ1v) is 13.4. The summed E-state index contributed by atoms with van der Waals surface area (Å²) in [5.41, 5.74) is 2.58. The maximum atomic E-state index is 12.8. The SMILES string of the molecule is CC(C)C(=O)Nc1ccc(S(=O)(=O)Nc2ccc(-c3ccc(N4CCCCCC4)nn3)cc2)cc1. The zero-order valence-corrected chi connectivity index (χ0v) is 20.9. The van der Waals surface area contributed by atoms with E-state index in [0.29, 0.717) is 11.4 Å². The first-order valence-electron chi connectivity index (χ1n) is 11.9. The lowest BCUT2D eigenvalue weighted by molar-refractivity contribution is -0.118. The quantitative estimate of drug-likeness (QED) is 0.484. The third-order valence-electron chi connectivity index (χ3n) is 5.97. The van der Waals surface area contributed by atoms with Gasteiger partial charge in [0.1, 0.15) is 0 Å². The van der Waals surface area contributed by atoms with Gasteiger partial charge >= 0.3 is 0 Å². The summed E-state index contributed by atoms with van der Waals surface area (Å²) in [6.45, 7) is 5.61. The third kappa shape index (κ3) is 6.36. The van der Waals surface area contributed by atoms with Crippen molar-refractivity contribution < 1.29 is 13.2 Å². The summed E-state index contributed by atoms with van der Waals surface area (Å²) >= 11 is 0. The van der Waals surface area contributed by atoms with E-state index in [1.807, 2.05) is 24.3 Å². The largest absolute Gasteiger partial charge is 0.355 e. The molecular weight excluding hydrogens is 462 g/mol. The topological polar surface area (TPSA) is 104 Å². The predicted octanol–water partition coefficient (Wildman–Crippen LogP) is 4.92. The second-order valence-electron chi connectivity index (χ2n) is 9.03. The molecule has 0 radical (unpaired) electrons. The molecule has 184 valence electrons. The Morgan fingerprint density at radius 1 is 0.829 bits per heavy atom. The van der Waals surface area contributed by atoms with Gasteiger partial charge in [-0.25, -0.2) is 8.42 Å². The highest BCUT2D eigenvalue weighted by molar-refractivity contribution is 7.92. The maximum Gasteiger partial charge on any atom is 0.261 e. The molecule has 0 saturated carbocycles. The van der Waals surface area contributed by atoms with Crippen molar-refractivity contribution in [2.24, 2.45) is 5.92 Å². The number of rotatable bonds is 7. The Hall–Kier alpha value is -3.46. The number of amides is 1. The minimum atomic E-state index is -3.77. The van der Waals surface area contributed by atoms with Crippen LogP contribution in [0.15, 0.2) is 65.6 Å². The summed E-state index contributed by atoms with van der Waals surface area (Å²) in [5, 5.41) is 11.5. The Bertz CT molecular complexity index is 1230. The Morgan fingerprint density at radius 3 is 2.03 bits per heavy atom. The van der Waals surface area contributed by atoms with Crippen LogP contribution in [0.1, 0.15) is 39.5 Å². The van der Waals surface area contributed by atoms with Crippen LogP contribution in [0.4, 0.5) is 17.2 Å². The van der Waals surface area contributed by atoms with Crippen LogP contribution in [-0.4, -0.2) is 37.6 Å². The average Bonchev–Trinajstić information content (AvgIpc) is 3.14. The van der Waals surface area contributed by atoms with Crippen LogP contribution < -0.4 is 14.9 Å². The normalized spacial score (nSPS) is 14.4. The van der Waals surface area contributed by atoms with Crippen LogP contribution in [0, 0.1) is 5.92 Å². The lowest BCUT2D eigenvalue weighted by atomic mass is 10.1. The summed E-state index contributed by atoms with van der Waals surface area (Å²) in [5.74, 6) is 0.612. The van der Waals surface area contributed by atoms with E-state index >= 15 is 0 Å². The molecule has 2 aromatic carbocycles. The standard InChI is InChI=1S/C26H31N5O3S/c1-19(2)26(32)27-21-11-13-23(14-12-21)35(33,34)30-22-9-7-20(8-10-22)24-15-16-25(29-28-24)31-17-5-3-4-6-18-31/h7-16,19,30H,3-6,17-18H2,1-2H3,(H,27,32). The predicted molar refractivity (Wildman–Crippen MR) is 139 cm³/mol. The smallest absolute Gasteiger partial charge is 0.261 e. The van der Waals surface area contributed by atoms with Crippen LogP contribution in [0.25, 0.3) is 11.3 Å². The fraction of sp³-hybridized carbons (Fsp3) is 0.346. The van der Waals surface area contributed by atoms with Crippen molar-refractivity contribution in [3.05, 3.63) is 60.7 Å². The molecule has 0 bridgehead atoms. The fourth-order valence-corrected chi connectivity index (χ4v) is 4.93. The minimum absolute atomic E-state index is 0.110. The van der Waals surface area contributed by atoms with E-state index in [0.717, 1.165) is 30.2 Å². The van der Waals surface area contributed by atoms with Crippen molar-refractivity contribution in [1.82, 2.24) is 10.2 Å². The number of nitrogens with zero attached hydrogens (tertiary/aromatic N) is 3. The molecule has 35 heavy (non-hydrogen) atoms. The second-order valence-corrected chi connectivity index (χ2v) is 10.7. The van der Waals surface area contributed by atoms with Crippen LogP contribution in [0.2, 0.25) is 0 Å². The van der Waals surface area contributed by atoms with Gasteiger partial charge in [0.15, 0.2) is 5.82 Å². The number of anilines is 3. The van der Waals surface area contributed by atoms with Gasteiger partial charge in [0.05, 0.1) is 10.6 Å². The Balaban J connectivity index is 1.40. The van der Waals surface area contributed by atoms with Crippen molar-refractivity contribution in [3.63, 3.8) is 0 Å². The number of hydrogen-bond acceptors (Lipinski definition) is 6. The molecule has 1 aromatic heterocycles. The van der Waals surface area contributed by atoms with Crippen molar-refractivity contribution in [2.45, 2.75) is 44.4 Å². The zero-order chi connectivity index (χ0) is 24.8. The van der Waals surface area contributed by atoms with E-state index in [9.17, 15) is 13.2 Å². The minimum Gasteiger partial charge on any atom is -0.355 e. The molecule has 2 heterocycles. The number of aromatic nitrogens is 2. The fourth-order valence-electron chi connectivity index (χ4n) is 3.87. The molecule has 0 aliphatic carbocycles. The van der Waals surface area contributed by atoms with Gasteiger partial charge in [-0.05, 0) is 61.4 Å². The average molecular weight is 494 g/mol. The first kappa shape index (κ1) is 24.7. The van der Waals surface area contributed by atoms with E-state index in [1.54, 1.807) is 38.1 Å². The summed E-state index contributed by atoms with van der Waals surface area (Å²) in [6.07, 6.45) is 4.89. The van der Waals surface area contributed by atoms with Crippen LogP contribution >= 0.6 is 0 Å². The lowest BCUT2D eigenvalue weighted by Gasteiger charge is -2.20. The van der Waals surface area contributed by atoms with Crippen LogP contribution in [-0.2, 0) is 14.8 Å². The molecule has 3 aromatic rings.